The second-order valence-electron chi connectivity index (χ2n) is 7.92. The van der Waals surface area contributed by atoms with Crippen molar-refractivity contribution in [2.24, 2.45) is 7.05 Å². The van der Waals surface area contributed by atoms with Gasteiger partial charge in [-0.25, -0.2) is 4.79 Å². The van der Waals surface area contributed by atoms with E-state index in [-0.39, 0.29) is 5.63 Å². The highest BCUT2D eigenvalue weighted by molar-refractivity contribution is 7.98. The fourth-order valence-electron chi connectivity index (χ4n) is 3.77. The summed E-state index contributed by atoms with van der Waals surface area (Å²) in [5, 5.41) is 10.6. The second-order valence-corrected chi connectivity index (χ2v) is 8.86. The molecule has 4 aromatic rings. The van der Waals surface area contributed by atoms with E-state index in [2.05, 4.69) is 56.1 Å². The lowest BCUT2D eigenvalue weighted by atomic mass is 9.95. The molecule has 0 radical (unpaired) electrons. The highest BCUT2D eigenvalue weighted by atomic mass is 32.2. The van der Waals surface area contributed by atoms with E-state index >= 15 is 0 Å². The van der Waals surface area contributed by atoms with E-state index in [4.69, 9.17) is 4.42 Å². The van der Waals surface area contributed by atoms with Crippen molar-refractivity contribution < 1.29 is 4.42 Å². The summed E-state index contributed by atoms with van der Waals surface area (Å²) in [6, 6.07) is 13.9. The van der Waals surface area contributed by atoms with Gasteiger partial charge in [-0.1, -0.05) is 49.9 Å². The molecule has 0 aliphatic rings. The number of fused-ring (bicyclic) bond motifs is 1. The van der Waals surface area contributed by atoms with Crippen LogP contribution in [0.4, 0.5) is 0 Å². The van der Waals surface area contributed by atoms with Gasteiger partial charge in [-0.15, -0.1) is 10.2 Å². The lowest BCUT2D eigenvalue weighted by Crippen LogP contribution is -2.02. The van der Waals surface area contributed by atoms with Crippen molar-refractivity contribution >= 4 is 22.7 Å². The first kappa shape index (κ1) is 20.4. The zero-order chi connectivity index (χ0) is 21.4. The smallest absolute Gasteiger partial charge is 0.336 e. The van der Waals surface area contributed by atoms with Gasteiger partial charge >= 0.3 is 5.63 Å². The van der Waals surface area contributed by atoms with Crippen molar-refractivity contribution in [3.63, 3.8) is 0 Å². The Morgan fingerprint density at radius 1 is 1.07 bits per heavy atom. The molecule has 0 spiro atoms. The van der Waals surface area contributed by atoms with E-state index in [0.29, 0.717) is 17.3 Å². The molecule has 2 aromatic carbocycles. The maximum Gasteiger partial charge on any atom is 0.336 e. The minimum atomic E-state index is -0.326. The van der Waals surface area contributed by atoms with E-state index in [0.717, 1.165) is 38.6 Å². The predicted octanol–water partition coefficient (Wildman–Crippen LogP) is 5.62. The van der Waals surface area contributed by atoms with Crippen LogP contribution in [0.5, 0.6) is 0 Å². The Labute approximate surface area is 180 Å². The first-order valence-electron chi connectivity index (χ1n) is 10.0. The maximum atomic E-state index is 12.1. The largest absolute Gasteiger partial charge is 0.423 e. The Balaban J connectivity index is 1.68. The van der Waals surface area contributed by atoms with Crippen LogP contribution in [-0.2, 0) is 12.8 Å². The molecule has 5 nitrogen and oxygen atoms in total. The van der Waals surface area contributed by atoms with Crippen molar-refractivity contribution in [1.29, 1.82) is 0 Å². The number of hydrogen-bond donors (Lipinski definition) is 0. The average Bonchev–Trinajstić information content (AvgIpc) is 3.06. The lowest BCUT2D eigenvalue weighted by molar-refractivity contribution is 0.559. The molecular formula is C24H25N3O2S. The third-order valence-corrected chi connectivity index (χ3v) is 6.49. The zero-order valence-electron chi connectivity index (χ0n) is 17.9. The van der Waals surface area contributed by atoms with Crippen molar-refractivity contribution in [2.45, 2.75) is 44.5 Å². The van der Waals surface area contributed by atoms with E-state index in [9.17, 15) is 4.79 Å². The summed E-state index contributed by atoms with van der Waals surface area (Å²) in [4.78, 5) is 12.1. The normalized spacial score (nSPS) is 11.5. The molecule has 2 heterocycles. The molecule has 0 amide bonds. The summed E-state index contributed by atoms with van der Waals surface area (Å²) < 4.78 is 7.48. The molecule has 6 heteroatoms. The number of thioether (sulfide) groups is 1. The topological polar surface area (TPSA) is 60.9 Å². The van der Waals surface area contributed by atoms with Gasteiger partial charge in [0.05, 0.1) is 0 Å². The Hall–Kier alpha value is -2.86. The van der Waals surface area contributed by atoms with E-state index in [1.165, 1.54) is 5.56 Å². The molecule has 2 aromatic heterocycles. The molecule has 154 valence electrons. The molecule has 0 N–H and O–H groups in total. The van der Waals surface area contributed by atoms with Crippen LogP contribution in [0.2, 0.25) is 0 Å². The molecular weight excluding hydrogens is 394 g/mol. The van der Waals surface area contributed by atoms with Gasteiger partial charge in [0.2, 0.25) is 0 Å². The molecule has 0 unspecified atom stereocenters. The molecule has 0 bridgehead atoms. The number of benzene rings is 2. The Morgan fingerprint density at radius 2 is 1.83 bits per heavy atom. The minimum Gasteiger partial charge on any atom is -0.423 e. The van der Waals surface area contributed by atoms with Crippen LogP contribution < -0.4 is 5.63 Å². The summed E-state index contributed by atoms with van der Waals surface area (Å²) >= 11 is 1.57. The van der Waals surface area contributed by atoms with Crippen LogP contribution in [0.1, 0.15) is 42.0 Å². The highest BCUT2D eigenvalue weighted by Gasteiger charge is 2.15. The second kappa shape index (κ2) is 8.11. The molecule has 0 saturated heterocycles. The van der Waals surface area contributed by atoms with Crippen LogP contribution >= 0.6 is 11.8 Å². The maximum absolute atomic E-state index is 12.1. The van der Waals surface area contributed by atoms with Crippen LogP contribution in [0.15, 0.2) is 56.8 Å². The first-order valence-corrected chi connectivity index (χ1v) is 11.0. The molecule has 0 aliphatic heterocycles. The first-order chi connectivity index (χ1) is 14.3. The van der Waals surface area contributed by atoms with Gasteiger partial charge in [-0.05, 0) is 54.2 Å². The molecule has 0 aliphatic carbocycles. The van der Waals surface area contributed by atoms with Gasteiger partial charge in [0, 0.05) is 29.8 Å². The number of hydrogen-bond acceptors (Lipinski definition) is 5. The summed E-state index contributed by atoms with van der Waals surface area (Å²) in [7, 11) is 1.97. The quantitative estimate of drug-likeness (QED) is 0.310. The summed E-state index contributed by atoms with van der Waals surface area (Å²) in [6.45, 7) is 8.48. The van der Waals surface area contributed by atoms with Gasteiger partial charge in [-0.3, -0.25) is 0 Å². The van der Waals surface area contributed by atoms with Crippen molar-refractivity contribution in [3.8, 4) is 11.4 Å². The van der Waals surface area contributed by atoms with Crippen molar-refractivity contribution in [2.75, 3.05) is 0 Å². The van der Waals surface area contributed by atoms with E-state index in [1.807, 2.05) is 29.8 Å². The van der Waals surface area contributed by atoms with Gasteiger partial charge in [-0.2, -0.15) is 0 Å². The van der Waals surface area contributed by atoms with E-state index in [1.54, 1.807) is 17.8 Å². The van der Waals surface area contributed by atoms with Crippen LogP contribution in [0.25, 0.3) is 22.4 Å². The van der Waals surface area contributed by atoms with Crippen LogP contribution in [0.3, 0.4) is 0 Å². The average molecular weight is 420 g/mol. The third-order valence-electron chi connectivity index (χ3n) is 5.42. The van der Waals surface area contributed by atoms with Gasteiger partial charge in [0.15, 0.2) is 11.0 Å². The Bertz CT molecular complexity index is 1290. The number of nitrogens with zero attached hydrogens (tertiary/aromatic N) is 3. The van der Waals surface area contributed by atoms with E-state index < -0.39 is 0 Å². The summed E-state index contributed by atoms with van der Waals surface area (Å²) in [5.41, 5.74) is 5.90. The lowest BCUT2D eigenvalue weighted by Gasteiger charge is -2.13. The minimum absolute atomic E-state index is 0.326. The van der Waals surface area contributed by atoms with Gasteiger partial charge < -0.3 is 8.98 Å². The monoisotopic (exact) mass is 419 g/mol. The predicted molar refractivity (Wildman–Crippen MR) is 122 cm³/mol. The van der Waals surface area contributed by atoms with Crippen LogP contribution in [-0.4, -0.2) is 14.8 Å². The van der Waals surface area contributed by atoms with Crippen LogP contribution in [0, 0.1) is 13.8 Å². The number of rotatable bonds is 5. The van der Waals surface area contributed by atoms with Crippen molar-refractivity contribution in [3.05, 3.63) is 75.1 Å². The molecule has 30 heavy (non-hydrogen) atoms. The SMILES string of the molecule is Cc1ccccc1-c1nnc(SCc2cc(=O)oc3cc(C)c(C(C)C)cc23)n1C. The number of aromatic nitrogens is 3. The molecule has 4 rings (SSSR count). The Morgan fingerprint density at radius 3 is 2.57 bits per heavy atom. The molecule has 0 saturated carbocycles. The molecule has 0 fully saturated rings. The highest BCUT2D eigenvalue weighted by Crippen LogP contribution is 2.31. The zero-order valence-corrected chi connectivity index (χ0v) is 18.7. The van der Waals surface area contributed by atoms with Gasteiger partial charge in [0.1, 0.15) is 5.58 Å². The van der Waals surface area contributed by atoms with Gasteiger partial charge in [0.25, 0.3) is 0 Å². The molecule has 0 atom stereocenters. The summed E-state index contributed by atoms with van der Waals surface area (Å²) in [5.74, 6) is 1.85. The standard InChI is InChI=1S/C24H25N3O2S/c1-14(2)19-12-20-17(11-22(28)29-21(20)10-16(19)4)13-30-24-26-25-23(27(24)5)18-9-7-6-8-15(18)3/h6-12,14H,13H2,1-5H3. The third kappa shape index (κ3) is 3.79. The summed E-state index contributed by atoms with van der Waals surface area (Å²) in [6.07, 6.45) is 0. The Kier molecular flexibility index (Phi) is 5.52. The van der Waals surface area contributed by atoms with Crippen molar-refractivity contribution in [1.82, 2.24) is 14.8 Å². The fourth-order valence-corrected chi connectivity index (χ4v) is 4.68. The fraction of sp³-hybridized carbons (Fsp3) is 0.292. The number of aryl methyl sites for hydroxylation is 2.